The predicted octanol–water partition coefficient (Wildman–Crippen LogP) is 0.878. The van der Waals surface area contributed by atoms with Gasteiger partial charge in [0.15, 0.2) is 0 Å². The summed E-state index contributed by atoms with van der Waals surface area (Å²) in [4.78, 5) is 16.2. The molecule has 1 aromatic heterocycles. The number of thiophene rings is 1. The fourth-order valence-electron chi connectivity index (χ4n) is 2.17. The molecule has 1 aromatic rings. The van der Waals surface area contributed by atoms with Gasteiger partial charge in [0.1, 0.15) is 0 Å². The summed E-state index contributed by atoms with van der Waals surface area (Å²) in [6, 6.07) is 4.53. The molecular formula is C12H19N3OS. The molecule has 1 aliphatic heterocycles. The van der Waals surface area contributed by atoms with Crippen LogP contribution in [0.3, 0.4) is 0 Å². The maximum atomic E-state index is 11.3. The van der Waals surface area contributed by atoms with Crippen molar-refractivity contribution in [2.45, 2.75) is 19.4 Å². The molecule has 1 aliphatic rings. The number of hydrogen-bond acceptors (Lipinski definition) is 4. The Kier molecular flexibility index (Phi) is 4.15. The number of carbonyl (C=O) groups is 1. The molecule has 2 heterocycles. The van der Waals surface area contributed by atoms with Gasteiger partial charge in [0.2, 0.25) is 5.91 Å². The van der Waals surface area contributed by atoms with Crippen LogP contribution in [-0.4, -0.2) is 37.0 Å². The first-order valence-corrected chi connectivity index (χ1v) is 6.79. The lowest BCUT2D eigenvalue weighted by Crippen LogP contribution is -2.35. The molecule has 0 radical (unpaired) electrons. The van der Waals surface area contributed by atoms with Crippen LogP contribution in [0.25, 0.3) is 0 Å². The Balaban J connectivity index is 2.09. The summed E-state index contributed by atoms with van der Waals surface area (Å²) in [7, 11) is 0. The molecule has 1 amide bonds. The Morgan fingerprint density at radius 2 is 2.35 bits per heavy atom. The van der Waals surface area contributed by atoms with Crippen molar-refractivity contribution in [3.8, 4) is 0 Å². The maximum absolute atomic E-state index is 11.3. The number of carbonyl (C=O) groups excluding carboxylic acids is 1. The van der Waals surface area contributed by atoms with E-state index in [0.29, 0.717) is 13.0 Å². The first kappa shape index (κ1) is 12.5. The van der Waals surface area contributed by atoms with Crippen molar-refractivity contribution in [2.24, 2.45) is 5.73 Å². The zero-order chi connectivity index (χ0) is 12.3. The Hall–Kier alpha value is -0.910. The van der Waals surface area contributed by atoms with E-state index < -0.39 is 0 Å². The summed E-state index contributed by atoms with van der Waals surface area (Å²) in [6.45, 7) is 5.11. The van der Waals surface area contributed by atoms with E-state index in [1.54, 1.807) is 11.3 Å². The average Bonchev–Trinajstić information content (AvgIpc) is 2.61. The third-order valence-electron chi connectivity index (χ3n) is 3.10. The molecule has 0 spiro atoms. The van der Waals surface area contributed by atoms with Crippen LogP contribution in [-0.2, 0) is 4.79 Å². The quantitative estimate of drug-likeness (QED) is 0.840. The van der Waals surface area contributed by atoms with Gasteiger partial charge < -0.3 is 11.1 Å². The SMILES string of the molecule is Cc1ccc(C(CN)N2CCNC(=O)CC2)s1. The number of amides is 1. The average molecular weight is 253 g/mol. The fraction of sp³-hybridized carbons (Fsp3) is 0.583. The molecule has 1 atom stereocenters. The van der Waals surface area contributed by atoms with E-state index in [1.165, 1.54) is 9.75 Å². The number of hydrogen-bond donors (Lipinski definition) is 2. The van der Waals surface area contributed by atoms with Crippen molar-refractivity contribution in [3.05, 3.63) is 21.9 Å². The van der Waals surface area contributed by atoms with Crippen LogP contribution in [0.2, 0.25) is 0 Å². The number of aryl methyl sites for hydroxylation is 1. The van der Waals surface area contributed by atoms with Gasteiger partial charge in [-0.1, -0.05) is 0 Å². The molecular weight excluding hydrogens is 234 g/mol. The first-order valence-electron chi connectivity index (χ1n) is 5.98. The Labute approximate surface area is 106 Å². The highest BCUT2D eigenvalue weighted by Gasteiger charge is 2.22. The third kappa shape index (κ3) is 3.06. The normalized spacial score (nSPS) is 19.8. The summed E-state index contributed by atoms with van der Waals surface area (Å²) in [6.07, 6.45) is 0.570. The molecule has 2 rings (SSSR count). The second-order valence-electron chi connectivity index (χ2n) is 4.34. The Morgan fingerprint density at radius 3 is 3.00 bits per heavy atom. The predicted molar refractivity (Wildman–Crippen MR) is 70.1 cm³/mol. The molecule has 0 aliphatic carbocycles. The summed E-state index contributed by atoms with van der Waals surface area (Å²) in [5.41, 5.74) is 5.89. The van der Waals surface area contributed by atoms with Crippen LogP contribution in [0.5, 0.6) is 0 Å². The van der Waals surface area contributed by atoms with E-state index in [1.807, 2.05) is 0 Å². The topological polar surface area (TPSA) is 58.4 Å². The number of rotatable bonds is 3. The maximum Gasteiger partial charge on any atom is 0.221 e. The van der Waals surface area contributed by atoms with Gasteiger partial charge in [-0.2, -0.15) is 0 Å². The molecule has 5 heteroatoms. The van der Waals surface area contributed by atoms with E-state index in [9.17, 15) is 4.79 Å². The molecule has 3 N–H and O–H groups in total. The number of nitrogens with zero attached hydrogens (tertiary/aromatic N) is 1. The largest absolute Gasteiger partial charge is 0.355 e. The summed E-state index contributed by atoms with van der Waals surface area (Å²) < 4.78 is 0. The Bertz CT molecular complexity index is 391. The van der Waals surface area contributed by atoms with Crippen molar-refractivity contribution in [1.29, 1.82) is 0 Å². The molecule has 0 aromatic carbocycles. The molecule has 1 unspecified atom stereocenters. The van der Waals surface area contributed by atoms with Gasteiger partial charge >= 0.3 is 0 Å². The van der Waals surface area contributed by atoms with E-state index in [4.69, 9.17) is 5.73 Å². The van der Waals surface area contributed by atoms with Crippen LogP contribution < -0.4 is 11.1 Å². The zero-order valence-corrected chi connectivity index (χ0v) is 10.9. The lowest BCUT2D eigenvalue weighted by molar-refractivity contribution is -0.120. The molecule has 1 saturated heterocycles. The lowest BCUT2D eigenvalue weighted by Gasteiger charge is -2.28. The highest BCUT2D eigenvalue weighted by Crippen LogP contribution is 2.27. The second-order valence-corrected chi connectivity index (χ2v) is 5.66. The van der Waals surface area contributed by atoms with E-state index in [2.05, 4.69) is 29.3 Å². The Morgan fingerprint density at radius 1 is 1.53 bits per heavy atom. The molecule has 0 bridgehead atoms. The van der Waals surface area contributed by atoms with E-state index >= 15 is 0 Å². The number of nitrogens with one attached hydrogen (secondary N) is 1. The van der Waals surface area contributed by atoms with Crippen LogP contribution in [0.15, 0.2) is 12.1 Å². The third-order valence-corrected chi connectivity index (χ3v) is 4.20. The van der Waals surface area contributed by atoms with Crippen LogP contribution in [0.4, 0.5) is 0 Å². The van der Waals surface area contributed by atoms with Gasteiger partial charge in [0, 0.05) is 42.4 Å². The van der Waals surface area contributed by atoms with Crippen molar-refractivity contribution >= 4 is 17.2 Å². The fourth-order valence-corrected chi connectivity index (χ4v) is 3.20. The van der Waals surface area contributed by atoms with Gasteiger partial charge in [0.05, 0.1) is 6.04 Å². The summed E-state index contributed by atoms with van der Waals surface area (Å²) >= 11 is 1.79. The summed E-state index contributed by atoms with van der Waals surface area (Å²) in [5, 5.41) is 2.89. The minimum Gasteiger partial charge on any atom is -0.355 e. The van der Waals surface area contributed by atoms with Crippen molar-refractivity contribution < 1.29 is 4.79 Å². The molecule has 4 nitrogen and oxygen atoms in total. The molecule has 0 saturated carbocycles. The van der Waals surface area contributed by atoms with Gasteiger partial charge in [-0.05, 0) is 19.1 Å². The molecule has 17 heavy (non-hydrogen) atoms. The second kappa shape index (κ2) is 5.62. The highest BCUT2D eigenvalue weighted by molar-refractivity contribution is 7.12. The minimum absolute atomic E-state index is 0.144. The lowest BCUT2D eigenvalue weighted by atomic mass is 10.2. The van der Waals surface area contributed by atoms with Crippen LogP contribution >= 0.6 is 11.3 Å². The molecule has 1 fully saturated rings. The monoisotopic (exact) mass is 253 g/mol. The zero-order valence-electron chi connectivity index (χ0n) is 10.1. The van der Waals surface area contributed by atoms with E-state index in [-0.39, 0.29) is 11.9 Å². The van der Waals surface area contributed by atoms with Gasteiger partial charge in [-0.3, -0.25) is 9.69 Å². The van der Waals surface area contributed by atoms with Gasteiger partial charge in [-0.15, -0.1) is 11.3 Å². The minimum atomic E-state index is 0.144. The van der Waals surface area contributed by atoms with Crippen LogP contribution in [0, 0.1) is 6.92 Å². The summed E-state index contributed by atoms with van der Waals surface area (Å²) in [5.74, 6) is 0.144. The highest BCUT2D eigenvalue weighted by atomic mass is 32.1. The van der Waals surface area contributed by atoms with Crippen molar-refractivity contribution in [2.75, 3.05) is 26.2 Å². The van der Waals surface area contributed by atoms with E-state index in [0.717, 1.165) is 19.6 Å². The van der Waals surface area contributed by atoms with Crippen LogP contribution in [0.1, 0.15) is 22.2 Å². The first-order chi connectivity index (χ1) is 8.20. The van der Waals surface area contributed by atoms with Gasteiger partial charge in [-0.25, -0.2) is 0 Å². The molecule has 94 valence electrons. The van der Waals surface area contributed by atoms with Crippen molar-refractivity contribution in [3.63, 3.8) is 0 Å². The smallest absolute Gasteiger partial charge is 0.221 e. The standard InChI is InChI=1S/C12H19N3OS/c1-9-2-3-11(17-9)10(8-13)15-6-4-12(16)14-5-7-15/h2-3,10H,4-8,13H2,1H3,(H,14,16). The van der Waals surface area contributed by atoms with Gasteiger partial charge in [0.25, 0.3) is 0 Å². The number of nitrogens with two attached hydrogens (primary N) is 1. The van der Waals surface area contributed by atoms with Crippen molar-refractivity contribution in [1.82, 2.24) is 10.2 Å².